The number of anilines is 1. The third kappa shape index (κ3) is 4.30. The lowest BCUT2D eigenvalue weighted by Gasteiger charge is -2.30. The molecular formula is C20H16Cl2N2O2S2. The summed E-state index contributed by atoms with van der Waals surface area (Å²) in [4.78, 5) is 14.7. The first-order valence-corrected chi connectivity index (χ1v) is 10.8. The van der Waals surface area contributed by atoms with Crippen LogP contribution >= 0.6 is 47.2 Å². The van der Waals surface area contributed by atoms with E-state index in [2.05, 4.69) is 5.32 Å². The number of nitrogens with one attached hydrogen (secondary N) is 1. The second-order valence-corrected chi connectivity index (χ2v) is 8.88. The van der Waals surface area contributed by atoms with Crippen molar-refractivity contribution < 1.29 is 9.53 Å². The van der Waals surface area contributed by atoms with Crippen molar-refractivity contribution in [1.82, 2.24) is 5.32 Å². The molecule has 2 heterocycles. The predicted molar refractivity (Wildman–Crippen MR) is 121 cm³/mol. The van der Waals surface area contributed by atoms with Gasteiger partial charge in [-0.25, -0.2) is 0 Å². The van der Waals surface area contributed by atoms with E-state index in [-0.39, 0.29) is 12.3 Å². The average Bonchev–Trinajstić information content (AvgIpc) is 3.09. The van der Waals surface area contributed by atoms with Crippen molar-refractivity contribution in [3.8, 4) is 5.75 Å². The average molecular weight is 451 g/mol. The summed E-state index contributed by atoms with van der Waals surface area (Å²) >= 11 is 18.8. The fraction of sp³-hybridized carbons (Fsp3) is 0.200. The number of carbonyl (C=O) groups is 1. The molecule has 0 unspecified atom stereocenters. The molecule has 2 aromatic carbocycles. The molecule has 4 nitrogen and oxygen atoms in total. The molecule has 28 heavy (non-hydrogen) atoms. The number of hydrogen-bond donors (Lipinski definition) is 1. The van der Waals surface area contributed by atoms with Gasteiger partial charge in [-0.2, -0.15) is 0 Å². The van der Waals surface area contributed by atoms with Crippen molar-refractivity contribution in [2.75, 3.05) is 23.8 Å². The highest BCUT2D eigenvalue weighted by atomic mass is 35.5. The Morgan fingerprint density at radius 3 is 2.86 bits per heavy atom. The molecule has 1 amide bonds. The molecule has 2 aromatic rings. The van der Waals surface area contributed by atoms with Gasteiger partial charge in [0.2, 0.25) is 5.91 Å². The van der Waals surface area contributed by atoms with Crippen LogP contribution in [0.15, 0.2) is 42.1 Å². The van der Waals surface area contributed by atoms with Gasteiger partial charge in [0.25, 0.3) is 0 Å². The van der Waals surface area contributed by atoms with E-state index in [1.807, 2.05) is 30.3 Å². The number of nitrogens with zero attached hydrogens (tertiary/aromatic N) is 1. The fourth-order valence-corrected chi connectivity index (χ4v) is 4.40. The summed E-state index contributed by atoms with van der Waals surface area (Å²) < 4.78 is 6.52. The van der Waals surface area contributed by atoms with Crippen LogP contribution in [0.1, 0.15) is 11.1 Å². The zero-order valence-corrected chi connectivity index (χ0v) is 17.9. The summed E-state index contributed by atoms with van der Waals surface area (Å²) in [5.41, 5.74) is 3.65. The molecule has 8 heteroatoms. The first-order chi connectivity index (χ1) is 13.5. The van der Waals surface area contributed by atoms with Crippen LogP contribution in [0.4, 0.5) is 5.69 Å². The number of halogens is 2. The van der Waals surface area contributed by atoms with Gasteiger partial charge in [0.05, 0.1) is 28.7 Å². The predicted octanol–water partition coefficient (Wildman–Crippen LogP) is 4.92. The van der Waals surface area contributed by atoms with E-state index >= 15 is 0 Å². The number of fused-ring (bicyclic) bond motifs is 1. The second kappa shape index (κ2) is 8.33. The Morgan fingerprint density at radius 2 is 2.11 bits per heavy atom. The Hall–Kier alpha value is -1.73. The summed E-state index contributed by atoms with van der Waals surface area (Å²) in [6, 6.07) is 11.1. The number of ether oxygens (including phenoxy) is 1. The van der Waals surface area contributed by atoms with E-state index in [4.69, 9.17) is 40.2 Å². The van der Waals surface area contributed by atoms with Crippen molar-refractivity contribution in [1.29, 1.82) is 0 Å². The lowest BCUT2D eigenvalue weighted by molar-refractivity contribution is -0.118. The van der Waals surface area contributed by atoms with Gasteiger partial charge in [-0.05, 0) is 41.5 Å². The summed E-state index contributed by atoms with van der Waals surface area (Å²) in [6.45, 7) is 0.971. The third-order valence-electron chi connectivity index (χ3n) is 4.45. The highest BCUT2D eigenvalue weighted by Crippen LogP contribution is 2.34. The van der Waals surface area contributed by atoms with E-state index in [9.17, 15) is 4.79 Å². The standard InChI is InChI=1S/C20H16Cl2N2O2S2/c21-15-3-1-13(8-16(15)22)10-19(25)24-5-6-26-18-4-2-12(9-17(18)24)7-14-11-28-20(27)23-14/h1-4,7-9H,5-6,10-11H2,(H,23,27). The molecule has 2 aliphatic rings. The van der Waals surface area contributed by atoms with Gasteiger partial charge < -0.3 is 15.0 Å². The third-order valence-corrected chi connectivity index (χ3v) is 6.46. The minimum absolute atomic E-state index is 0.0107. The van der Waals surface area contributed by atoms with Gasteiger partial charge in [-0.15, -0.1) is 0 Å². The van der Waals surface area contributed by atoms with E-state index in [0.29, 0.717) is 28.9 Å². The quantitative estimate of drug-likeness (QED) is 0.671. The summed E-state index contributed by atoms with van der Waals surface area (Å²) in [7, 11) is 0. The van der Waals surface area contributed by atoms with Gasteiger partial charge in [0.15, 0.2) is 0 Å². The van der Waals surface area contributed by atoms with Gasteiger partial charge in [0, 0.05) is 11.4 Å². The maximum absolute atomic E-state index is 13.0. The Bertz CT molecular complexity index is 994. The zero-order chi connectivity index (χ0) is 19.7. The lowest BCUT2D eigenvalue weighted by Crippen LogP contribution is -2.38. The van der Waals surface area contributed by atoms with Crippen LogP contribution < -0.4 is 15.0 Å². The highest BCUT2D eigenvalue weighted by Gasteiger charge is 2.24. The minimum Gasteiger partial charge on any atom is -0.490 e. The van der Waals surface area contributed by atoms with Crippen LogP contribution in [0.25, 0.3) is 6.08 Å². The largest absolute Gasteiger partial charge is 0.490 e. The van der Waals surface area contributed by atoms with Gasteiger partial charge >= 0.3 is 0 Å². The number of thiocarbonyl (C=S) groups is 1. The Balaban J connectivity index is 1.58. The van der Waals surface area contributed by atoms with Crippen molar-refractivity contribution in [3.05, 3.63) is 63.3 Å². The van der Waals surface area contributed by atoms with Crippen LogP contribution in [0.3, 0.4) is 0 Å². The molecular weight excluding hydrogens is 435 g/mol. The monoisotopic (exact) mass is 450 g/mol. The fourth-order valence-electron chi connectivity index (χ4n) is 3.13. The number of thioether (sulfide) groups is 1. The normalized spacial score (nSPS) is 17.3. The Labute approximate surface area is 182 Å². The van der Waals surface area contributed by atoms with Crippen molar-refractivity contribution in [2.24, 2.45) is 0 Å². The van der Waals surface area contributed by atoms with Crippen molar-refractivity contribution in [2.45, 2.75) is 6.42 Å². The van der Waals surface area contributed by atoms with Crippen LogP contribution in [-0.4, -0.2) is 29.1 Å². The van der Waals surface area contributed by atoms with E-state index in [0.717, 1.165) is 32.6 Å². The van der Waals surface area contributed by atoms with Crippen molar-refractivity contribution >= 4 is 69.2 Å². The summed E-state index contributed by atoms with van der Waals surface area (Å²) in [5, 5.41) is 4.10. The summed E-state index contributed by atoms with van der Waals surface area (Å²) in [5.74, 6) is 1.52. The molecule has 1 fully saturated rings. The lowest BCUT2D eigenvalue weighted by atomic mass is 10.1. The molecule has 1 saturated heterocycles. The Kier molecular flexibility index (Phi) is 5.83. The molecule has 1 N–H and O–H groups in total. The molecule has 0 radical (unpaired) electrons. The van der Waals surface area contributed by atoms with Crippen molar-refractivity contribution in [3.63, 3.8) is 0 Å². The molecule has 0 aromatic heterocycles. The van der Waals surface area contributed by atoms with Crippen LogP contribution in [0.2, 0.25) is 10.0 Å². The molecule has 0 aliphatic carbocycles. The maximum Gasteiger partial charge on any atom is 0.231 e. The first-order valence-electron chi connectivity index (χ1n) is 8.65. The molecule has 0 bridgehead atoms. The molecule has 2 aliphatic heterocycles. The molecule has 0 spiro atoms. The van der Waals surface area contributed by atoms with Gasteiger partial charge in [-0.3, -0.25) is 4.79 Å². The first kappa shape index (κ1) is 19.6. The van der Waals surface area contributed by atoms with Gasteiger partial charge in [0.1, 0.15) is 16.7 Å². The number of carbonyl (C=O) groups excluding carboxylic acids is 1. The Morgan fingerprint density at radius 1 is 1.25 bits per heavy atom. The summed E-state index contributed by atoms with van der Waals surface area (Å²) in [6.07, 6.45) is 2.29. The number of benzene rings is 2. The number of rotatable bonds is 3. The maximum atomic E-state index is 13.0. The smallest absolute Gasteiger partial charge is 0.231 e. The minimum atomic E-state index is -0.0107. The van der Waals surface area contributed by atoms with E-state index in [1.54, 1.807) is 28.8 Å². The molecule has 0 saturated carbocycles. The number of hydrogen-bond acceptors (Lipinski definition) is 4. The topological polar surface area (TPSA) is 41.6 Å². The molecule has 144 valence electrons. The van der Waals surface area contributed by atoms with E-state index < -0.39 is 0 Å². The molecule has 0 atom stereocenters. The number of amides is 1. The van der Waals surface area contributed by atoms with E-state index in [1.165, 1.54) is 0 Å². The van der Waals surface area contributed by atoms with Crippen LogP contribution in [0, 0.1) is 0 Å². The molecule has 4 rings (SSSR count). The van der Waals surface area contributed by atoms with Crippen LogP contribution in [0.5, 0.6) is 5.75 Å². The SMILES string of the molecule is O=C(Cc1ccc(Cl)c(Cl)c1)N1CCOc2ccc(C=C3CSC(=S)N3)cc21. The van der Waals surface area contributed by atoms with Crippen LogP contribution in [-0.2, 0) is 11.2 Å². The second-order valence-electron chi connectivity index (χ2n) is 6.42. The van der Waals surface area contributed by atoms with Gasteiger partial charge in [-0.1, -0.05) is 59.3 Å². The zero-order valence-electron chi connectivity index (χ0n) is 14.7. The highest BCUT2D eigenvalue weighted by molar-refractivity contribution is 8.23.